The van der Waals surface area contributed by atoms with Crippen molar-refractivity contribution in [1.82, 2.24) is 5.32 Å². The number of morpholine rings is 1. The Labute approximate surface area is 121 Å². The van der Waals surface area contributed by atoms with Gasteiger partial charge in [-0.05, 0) is 24.0 Å². The number of hydrogen-bond acceptors (Lipinski definition) is 3. The van der Waals surface area contributed by atoms with Gasteiger partial charge in [0.05, 0.1) is 18.3 Å². The highest BCUT2D eigenvalue weighted by atomic mass is 16.5. The van der Waals surface area contributed by atoms with Crippen LogP contribution in [0, 0.1) is 0 Å². The molecule has 20 heavy (non-hydrogen) atoms. The van der Waals surface area contributed by atoms with E-state index in [0.717, 1.165) is 13.1 Å². The molecular weight excluding hydrogens is 250 g/mol. The second-order valence-electron chi connectivity index (χ2n) is 6.11. The summed E-state index contributed by atoms with van der Waals surface area (Å²) in [5, 5.41) is 3.60. The van der Waals surface area contributed by atoms with Crippen molar-refractivity contribution in [1.29, 1.82) is 0 Å². The van der Waals surface area contributed by atoms with Gasteiger partial charge < -0.3 is 14.8 Å². The summed E-state index contributed by atoms with van der Waals surface area (Å²) in [5.41, 5.74) is 2.60. The van der Waals surface area contributed by atoms with Gasteiger partial charge in [-0.25, -0.2) is 0 Å². The second kappa shape index (κ2) is 6.25. The number of methoxy groups -OCH3 is 1. The molecule has 3 rings (SSSR count). The normalized spacial score (nSPS) is 25.8. The molecule has 1 atom stereocenters. The number of rotatable bonds is 3. The van der Waals surface area contributed by atoms with Crippen molar-refractivity contribution in [3.05, 3.63) is 35.4 Å². The van der Waals surface area contributed by atoms with Crippen LogP contribution in [0.2, 0.25) is 0 Å². The van der Waals surface area contributed by atoms with Crippen LogP contribution in [0.25, 0.3) is 0 Å². The van der Waals surface area contributed by atoms with E-state index in [1.165, 1.54) is 43.2 Å². The van der Waals surface area contributed by atoms with Crippen LogP contribution in [0.15, 0.2) is 24.3 Å². The first-order valence-electron chi connectivity index (χ1n) is 7.78. The average molecular weight is 275 g/mol. The van der Waals surface area contributed by atoms with E-state index in [-0.39, 0.29) is 11.7 Å². The molecule has 3 nitrogen and oxygen atoms in total. The van der Waals surface area contributed by atoms with Crippen molar-refractivity contribution in [2.24, 2.45) is 0 Å². The zero-order chi connectivity index (χ0) is 13.8. The van der Waals surface area contributed by atoms with Gasteiger partial charge in [-0.15, -0.1) is 0 Å². The SMILES string of the molecule is COCc1ccccc1C1CNCC2(CCCCC2)O1. The van der Waals surface area contributed by atoms with Gasteiger partial charge in [0.2, 0.25) is 0 Å². The summed E-state index contributed by atoms with van der Waals surface area (Å²) in [7, 11) is 1.75. The third-order valence-corrected chi connectivity index (χ3v) is 4.64. The third-order valence-electron chi connectivity index (χ3n) is 4.64. The Balaban J connectivity index is 1.79. The highest BCUT2D eigenvalue weighted by Crippen LogP contribution is 2.38. The van der Waals surface area contributed by atoms with Gasteiger partial charge >= 0.3 is 0 Å². The smallest absolute Gasteiger partial charge is 0.0960 e. The summed E-state index contributed by atoms with van der Waals surface area (Å²) in [6, 6.07) is 8.50. The standard InChI is InChI=1S/C17H25NO2/c1-19-12-14-7-3-4-8-15(14)16-11-18-13-17(20-16)9-5-2-6-10-17/h3-4,7-8,16,18H,2,5-6,9-13H2,1H3. The fourth-order valence-electron chi connectivity index (χ4n) is 3.62. The zero-order valence-electron chi connectivity index (χ0n) is 12.4. The average Bonchev–Trinajstić information content (AvgIpc) is 2.49. The maximum atomic E-state index is 6.57. The Morgan fingerprint density at radius 3 is 2.85 bits per heavy atom. The van der Waals surface area contributed by atoms with Crippen molar-refractivity contribution in [3.8, 4) is 0 Å². The molecule has 110 valence electrons. The molecule has 0 bridgehead atoms. The monoisotopic (exact) mass is 275 g/mol. The van der Waals surface area contributed by atoms with Crippen LogP contribution in [0.1, 0.15) is 49.3 Å². The molecule has 0 amide bonds. The minimum absolute atomic E-state index is 0.0708. The first-order valence-corrected chi connectivity index (χ1v) is 7.78. The summed E-state index contributed by atoms with van der Waals surface area (Å²) in [6.07, 6.45) is 6.51. The van der Waals surface area contributed by atoms with Gasteiger partial charge in [0.1, 0.15) is 0 Å². The van der Waals surface area contributed by atoms with E-state index in [0.29, 0.717) is 6.61 Å². The highest BCUT2D eigenvalue weighted by molar-refractivity contribution is 5.29. The number of nitrogens with one attached hydrogen (secondary N) is 1. The lowest BCUT2D eigenvalue weighted by Crippen LogP contribution is -2.51. The third kappa shape index (κ3) is 2.90. The molecule has 1 N–H and O–H groups in total. The molecule has 0 radical (unpaired) electrons. The summed E-state index contributed by atoms with van der Waals surface area (Å²) in [5.74, 6) is 0. The van der Waals surface area contributed by atoms with Gasteiger partial charge in [0.15, 0.2) is 0 Å². The van der Waals surface area contributed by atoms with Crippen LogP contribution in [-0.2, 0) is 16.1 Å². The summed E-state index contributed by atoms with van der Waals surface area (Å²) >= 11 is 0. The predicted molar refractivity (Wildman–Crippen MR) is 79.7 cm³/mol. The molecule has 2 aliphatic rings. The Morgan fingerprint density at radius 1 is 1.25 bits per heavy atom. The second-order valence-corrected chi connectivity index (χ2v) is 6.11. The van der Waals surface area contributed by atoms with Gasteiger partial charge in [-0.3, -0.25) is 0 Å². The van der Waals surface area contributed by atoms with Crippen molar-refractivity contribution in [2.45, 2.75) is 50.4 Å². The van der Waals surface area contributed by atoms with Gasteiger partial charge in [-0.2, -0.15) is 0 Å². The molecule has 1 saturated heterocycles. The first kappa shape index (κ1) is 14.1. The Bertz CT molecular complexity index is 435. The van der Waals surface area contributed by atoms with Crippen molar-refractivity contribution < 1.29 is 9.47 Å². The van der Waals surface area contributed by atoms with Crippen molar-refractivity contribution in [2.75, 3.05) is 20.2 Å². The molecule has 1 saturated carbocycles. The van der Waals surface area contributed by atoms with Crippen LogP contribution in [0.3, 0.4) is 0 Å². The van der Waals surface area contributed by atoms with Crippen molar-refractivity contribution in [3.63, 3.8) is 0 Å². The van der Waals surface area contributed by atoms with Gasteiger partial charge in [-0.1, -0.05) is 43.5 Å². The summed E-state index contributed by atoms with van der Waals surface area (Å²) < 4.78 is 11.9. The first-order chi connectivity index (χ1) is 9.83. The molecule has 1 aliphatic carbocycles. The number of hydrogen-bond donors (Lipinski definition) is 1. The molecular formula is C17H25NO2. The minimum Gasteiger partial charge on any atom is -0.380 e. The lowest BCUT2D eigenvalue weighted by atomic mass is 9.83. The fourth-order valence-corrected chi connectivity index (χ4v) is 3.62. The molecule has 1 unspecified atom stereocenters. The van der Waals surface area contributed by atoms with Gasteiger partial charge in [0.25, 0.3) is 0 Å². The molecule has 2 fully saturated rings. The minimum atomic E-state index is 0.0708. The molecule has 1 spiro atoms. The van der Waals surface area contributed by atoms with E-state index >= 15 is 0 Å². The Kier molecular flexibility index (Phi) is 4.39. The predicted octanol–water partition coefficient (Wildman–Crippen LogP) is 3.20. The van der Waals surface area contributed by atoms with E-state index in [1.54, 1.807) is 7.11 Å². The van der Waals surface area contributed by atoms with Crippen LogP contribution in [-0.4, -0.2) is 25.8 Å². The quantitative estimate of drug-likeness (QED) is 0.919. The number of benzene rings is 1. The topological polar surface area (TPSA) is 30.5 Å². The fraction of sp³-hybridized carbons (Fsp3) is 0.647. The molecule has 3 heteroatoms. The zero-order valence-corrected chi connectivity index (χ0v) is 12.4. The maximum absolute atomic E-state index is 6.57. The lowest BCUT2D eigenvalue weighted by molar-refractivity contribution is -0.136. The maximum Gasteiger partial charge on any atom is 0.0960 e. The molecule has 1 aliphatic heterocycles. The van der Waals surface area contributed by atoms with E-state index in [9.17, 15) is 0 Å². The molecule has 1 heterocycles. The van der Waals surface area contributed by atoms with E-state index in [1.807, 2.05) is 0 Å². The molecule has 1 aromatic carbocycles. The van der Waals surface area contributed by atoms with Crippen molar-refractivity contribution >= 4 is 0 Å². The summed E-state index contributed by atoms with van der Waals surface area (Å²) in [6.45, 7) is 2.57. The molecule has 0 aromatic heterocycles. The van der Waals surface area contributed by atoms with Gasteiger partial charge in [0, 0.05) is 20.2 Å². The largest absolute Gasteiger partial charge is 0.380 e. The van der Waals surface area contributed by atoms with E-state index in [2.05, 4.69) is 29.6 Å². The Morgan fingerprint density at radius 2 is 2.05 bits per heavy atom. The summed E-state index contributed by atoms with van der Waals surface area (Å²) in [4.78, 5) is 0. The van der Waals surface area contributed by atoms with Crippen LogP contribution < -0.4 is 5.32 Å². The molecule has 1 aromatic rings. The van der Waals surface area contributed by atoms with E-state index in [4.69, 9.17) is 9.47 Å². The Hall–Kier alpha value is -0.900. The highest BCUT2D eigenvalue weighted by Gasteiger charge is 2.39. The number of ether oxygens (including phenoxy) is 2. The van der Waals surface area contributed by atoms with E-state index < -0.39 is 0 Å². The lowest BCUT2D eigenvalue weighted by Gasteiger charge is -2.44. The van der Waals surface area contributed by atoms with Crippen LogP contribution in [0.5, 0.6) is 0 Å². The van der Waals surface area contributed by atoms with Crippen LogP contribution in [0.4, 0.5) is 0 Å². The van der Waals surface area contributed by atoms with Crippen LogP contribution >= 0.6 is 0 Å².